The molecule has 0 radical (unpaired) electrons. The Kier molecular flexibility index (Phi) is 5.81. The molecule has 6 nitrogen and oxygen atoms in total. The second kappa shape index (κ2) is 8.66. The van der Waals surface area contributed by atoms with Crippen LogP contribution in [-0.4, -0.2) is 49.4 Å². The second-order valence-corrected chi connectivity index (χ2v) is 7.86. The summed E-state index contributed by atoms with van der Waals surface area (Å²) < 4.78 is 0. The lowest BCUT2D eigenvalue weighted by Crippen LogP contribution is -2.49. The van der Waals surface area contributed by atoms with Crippen LogP contribution in [0.15, 0.2) is 60.7 Å². The summed E-state index contributed by atoms with van der Waals surface area (Å²) in [7, 11) is 0. The molecule has 4 rings (SSSR count). The van der Waals surface area contributed by atoms with Gasteiger partial charge >= 0.3 is 0 Å². The molecule has 2 amide bonds. The number of para-hydroxylation sites is 1. The van der Waals surface area contributed by atoms with Gasteiger partial charge in [-0.15, -0.1) is 0 Å². The van der Waals surface area contributed by atoms with E-state index in [0.29, 0.717) is 13.0 Å². The van der Waals surface area contributed by atoms with Crippen LogP contribution in [0, 0.1) is 0 Å². The van der Waals surface area contributed by atoms with Gasteiger partial charge in [0.15, 0.2) is 0 Å². The van der Waals surface area contributed by atoms with Crippen molar-refractivity contribution in [1.29, 1.82) is 0 Å². The van der Waals surface area contributed by atoms with Crippen LogP contribution in [0.3, 0.4) is 0 Å². The Morgan fingerprint density at radius 2 is 1.45 bits per heavy atom. The van der Waals surface area contributed by atoms with Crippen LogP contribution in [0.25, 0.3) is 0 Å². The minimum Gasteiger partial charge on any atom is -0.369 e. The molecule has 1 saturated heterocycles. The average Bonchev–Trinajstić information content (AvgIpc) is 3.60. The number of rotatable bonds is 6. The summed E-state index contributed by atoms with van der Waals surface area (Å²) in [5, 5.41) is 0. The number of amides is 2. The first-order valence-corrected chi connectivity index (χ1v) is 10.3. The van der Waals surface area contributed by atoms with Crippen molar-refractivity contribution in [2.45, 2.75) is 24.7 Å². The number of hydrogen-bond donors (Lipinski definition) is 2. The summed E-state index contributed by atoms with van der Waals surface area (Å²) in [5.74, 6) is -0.263. The zero-order valence-corrected chi connectivity index (χ0v) is 16.6. The third-order valence-electron chi connectivity index (χ3n) is 5.98. The van der Waals surface area contributed by atoms with Crippen molar-refractivity contribution in [2.75, 3.05) is 37.6 Å². The normalized spacial score (nSPS) is 18.1. The van der Waals surface area contributed by atoms with E-state index in [0.717, 1.165) is 44.6 Å². The predicted molar refractivity (Wildman–Crippen MR) is 113 cm³/mol. The van der Waals surface area contributed by atoms with Crippen molar-refractivity contribution < 1.29 is 9.59 Å². The van der Waals surface area contributed by atoms with Gasteiger partial charge in [0.05, 0.1) is 5.41 Å². The molecule has 1 aliphatic carbocycles. The fourth-order valence-corrected chi connectivity index (χ4v) is 3.97. The Hall–Kier alpha value is -2.86. The van der Waals surface area contributed by atoms with E-state index in [1.165, 1.54) is 5.69 Å². The molecule has 2 fully saturated rings. The van der Waals surface area contributed by atoms with Gasteiger partial charge in [0.25, 0.3) is 0 Å². The lowest BCUT2D eigenvalue weighted by molar-refractivity contribution is -0.130. The molecule has 0 bridgehead atoms. The van der Waals surface area contributed by atoms with Crippen LogP contribution >= 0.6 is 0 Å². The van der Waals surface area contributed by atoms with Gasteiger partial charge in [-0.25, -0.2) is 0 Å². The number of benzene rings is 2. The van der Waals surface area contributed by atoms with Crippen LogP contribution in [0.2, 0.25) is 0 Å². The predicted octanol–water partition coefficient (Wildman–Crippen LogP) is 2.08. The van der Waals surface area contributed by atoms with Gasteiger partial charge in [0.1, 0.15) is 0 Å². The van der Waals surface area contributed by atoms with Crippen molar-refractivity contribution in [3.8, 4) is 0 Å². The van der Waals surface area contributed by atoms with E-state index < -0.39 is 5.41 Å². The Balaban J connectivity index is 1.17. The molecule has 2 aromatic carbocycles. The summed E-state index contributed by atoms with van der Waals surface area (Å²) >= 11 is 0. The summed E-state index contributed by atoms with van der Waals surface area (Å²) in [6.07, 6.45) is 2.03. The first kappa shape index (κ1) is 19.5. The minimum atomic E-state index is -0.470. The Labute approximate surface area is 171 Å². The van der Waals surface area contributed by atoms with Gasteiger partial charge in [-0.3, -0.25) is 25.3 Å². The number of carbonyl (C=O) groups is 2. The number of hydrazine groups is 1. The fraction of sp³-hybridized carbons (Fsp3) is 0.391. The maximum Gasteiger partial charge on any atom is 0.249 e. The highest BCUT2D eigenvalue weighted by atomic mass is 16.2. The van der Waals surface area contributed by atoms with Crippen molar-refractivity contribution in [1.82, 2.24) is 15.8 Å². The van der Waals surface area contributed by atoms with Crippen LogP contribution in [-0.2, 0) is 15.0 Å². The molecule has 1 aliphatic heterocycles. The van der Waals surface area contributed by atoms with Crippen LogP contribution in [0.4, 0.5) is 5.69 Å². The van der Waals surface area contributed by atoms with E-state index in [2.05, 4.69) is 44.9 Å². The Bertz CT molecular complexity index is 828. The monoisotopic (exact) mass is 392 g/mol. The van der Waals surface area contributed by atoms with Gasteiger partial charge < -0.3 is 4.90 Å². The largest absolute Gasteiger partial charge is 0.369 e. The van der Waals surface area contributed by atoms with Crippen LogP contribution in [0.5, 0.6) is 0 Å². The lowest BCUT2D eigenvalue weighted by atomic mass is 9.95. The highest BCUT2D eigenvalue weighted by Gasteiger charge is 2.51. The molecule has 0 atom stereocenters. The maximum atomic E-state index is 12.6. The first-order valence-electron chi connectivity index (χ1n) is 10.3. The zero-order chi connectivity index (χ0) is 20.1. The number of hydrogen-bond acceptors (Lipinski definition) is 4. The third-order valence-corrected chi connectivity index (χ3v) is 5.98. The van der Waals surface area contributed by atoms with E-state index in [4.69, 9.17) is 0 Å². The second-order valence-electron chi connectivity index (χ2n) is 7.86. The molecule has 6 heteroatoms. The Morgan fingerprint density at radius 1 is 0.828 bits per heavy atom. The molecule has 152 valence electrons. The van der Waals surface area contributed by atoms with Crippen molar-refractivity contribution >= 4 is 17.5 Å². The summed E-state index contributed by atoms with van der Waals surface area (Å²) in [6, 6.07) is 20.2. The van der Waals surface area contributed by atoms with Crippen molar-refractivity contribution in [3.05, 3.63) is 66.2 Å². The maximum absolute atomic E-state index is 12.6. The standard InChI is InChI=1S/C23H28N4O2/c28-21(24-25-22(29)23(12-13-23)19-7-3-1-4-8-19)11-14-26-15-17-27(18-16-26)20-9-5-2-6-10-20/h1-10H,11-18H2,(H,24,28)(H,25,29). The van der Waals surface area contributed by atoms with E-state index in [1.54, 1.807) is 0 Å². The summed E-state index contributed by atoms with van der Waals surface area (Å²) in [4.78, 5) is 29.4. The third kappa shape index (κ3) is 4.59. The number of piperazine rings is 1. The van der Waals surface area contributed by atoms with E-state index >= 15 is 0 Å². The number of carbonyl (C=O) groups excluding carboxylic acids is 2. The SMILES string of the molecule is O=C(CCN1CCN(c2ccccc2)CC1)NNC(=O)C1(c2ccccc2)CC1. The minimum absolute atomic E-state index is 0.117. The van der Waals surface area contributed by atoms with Crippen LogP contribution in [0.1, 0.15) is 24.8 Å². The molecule has 2 N–H and O–H groups in total. The fourth-order valence-electron chi connectivity index (χ4n) is 3.97. The van der Waals surface area contributed by atoms with E-state index in [1.807, 2.05) is 36.4 Å². The van der Waals surface area contributed by atoms with E-state index in [9.17, 15) is 9.59 Å². The molecule has 1 heterocycles. The average molecular weight is 393 g/mol. The topological polar surface area (TPSA) is 64.7 Å². The number of anilines is 1. The van der Waals surface area contributed by atoms with Gasteiger partial charge in [-0.05, 0) is 30.5 Å². The van der Waals surface area contributed by atoms with Crippen molar-refractivity contribution in [3.63, 3.8) is 0 Å². The zero-order valence-electron chi connectivity index (χ0n) is 16.6. The van der Waals surface area contributed by atoms with E-state index in [-0.39, 0.29) is 11.8 Å². The highest BCUT2D eigenvalue weighted by molar-refractivity contribution is 5.92. The van der Waals surface area contributed by atoms with Gasteiger partial charge in [0, 0.05) is 44.8 Å². The first-order chi connectivity index (χ1) is 14.2. The molecule has 1 saturated carbocycles. The van der Waals surface area contributed by atoms with Crippen LogP contribution < -0.4 is 15.8 Å². The van der Waals surface area contributed by atoms with Gasteiger partial charge in [-0.2, -0.15) is 0 Å². The number of nitrogens with zero attached hydrogens (tertiary/aromatic N) is 2. The molecular weight excluding hydrogens is 364 g/mol. The Morgan fingerprint density at radius 3 is 2.07 bits per heavy atom. The van der Waals surface area contributed by atoms with Gasteiger partial charge in [0.2, 0.25) is 11.8 Å². The molecule has 2 aliphatic rings. The lowest BCUT2D eigenvalue weighted by Gasteiger charge is -2.36. The molecule has 0 unspecified atom stereocenters. The summed E-state index contributed by atoms with van der Waals surface area (Å²) in [5.41, 5.74) is 7.03. The molecule has 0 spiro atoms. The molecule has 2 aromatic rings. The number of nitrogens with one attached hydrogen (secondary N) is 2. The molecule has 29 heavy (non-hydrogen) atoms. The quantitative estimate of drug-likeness (QED) is 0.739. The molecule has 0 aromatic heterocycles. The highest BCUT2D eigenvalue weighted by Crippen LogP contribution is 2.48. The molecular formula is C23H28N4O2. The summed E-state index contributed by atoms with van der Waals surface area (Å²) in [6.45, 7) is 4.50. The van der Waals surface area contributed by atoms with Crippen molar-refractivity contribution in [2.24, 2.45) is 0 Å². The van der Waals surface area contributed by atoms with Gasteiger partial charge in [-0.1, -0.05) is 48.5 Å². The smallest absolute Gasteiger partial charge is 0.249 e.